The van der Waals surface area contributed by atoms with Crippen molar-refractivity contribution in [1.82, 2.24) is 5.32 Å². The number of carbonyl (C=O) groups is 1. The number of amides is 1. The molecule has 4 saturated carbocycles. The highest BCUT2D eigenvalue weighted by Crippen LogP contribution is 2.65. The van der Waals surface area contributed by atoms with Gasteiger partial charge in [0.05, 0.1) is 18.1 Å². The first-order valence-electron chi connectivity index (χ1n) is 8.28. The maximum absolute atomic E-state index is 12.9. The number of carbonyl (C=O) groups excluding carboxylic acids is 1. The molecule has 114 valence electrons. The molecule has 0 aromatic rings. The lowest BCUT2D eigenvalue weighted by Crippen LogP contribution is -2.58. The van der Waals surface area contributed by atoms with Crippen LogP contribution in [0, 0.1) is 28.6 Å². The fourth-order valence-corrected chi connectivity index (χ4v) is 5.73. The Bertz CT molecular complexity index is 390. The summed E-state index contributed by atoms with van der Waals surface area (Å²) in [4.78, 5) is 12.9. The maximum Gasteiger partial charge on any atom is 0.226 e. The molecule has 4 aliphatic carbocycles. The predicted molar refractivity (Wildman–Crippen MR) is 79.1 cm³/mol. The molecule has 4 bridgehead atoms. The molecule has 0 radical (unpaired) electrons. The zero-order valence-electron chi connectivity index (χ0n) is 13.1. The van der Waals surface area contributed by atoms with Crippen LogP contribution in [0.5, 0.6) is 0 Å². The van der Waals surface area contributed by atoms with Crippen molar-refractivity contribution >= 4 is 5.91 Å². The summed E-state index contributed by atoms with van der Waals surface area (Å²) < 4.78 is 0. The Kier molecular flexibility index (Phi) is 3.39. The molecule has 0 heterocycles. The molecule has 4 aliphatic rings. The lowest BCUT2D eigenvalue weighted by molar-refractivity contribution is -0.156. The van der Waals surface area contributed by atoms with Gasteiger partial charge in [0.15, 0.2) is 0 Å². The average Bonchev–Trinajstić information content (AvgIpc) is 2.31. The van der Waals surface area contributed by atoms with E-state index in [2.05, 4.69) is 26.1 Å². The Morgan fingerprint density at radius 2 is 1.85 bits per heavy atom. The largest absolute Gasteiger partial charge is 0.394 e. The zero-order valence-corrected chi connectivity index (χ0v) is 13.1. The van der Waals surface area contributed by atoms with Gasteiger partial charge in [0, 0.05) is 0 Å². The number of rotatable bonds is 4. The van der Waals surface area contributed by atoms with Crippen LogP contribution in [0.2, 0.25) is 0 Å². The van der Waals surface area contributed by atoms with Gasteiger partial charge in [-0.2, -0.15) is 0 Å². The average molecular weight is 279 g/mol. The molecule has 0 aromatic carbocycles. The molecule has 3 heteroatoms. The van der Waals surface area contributed by atoms with Crippen molar-refractivity contribution in [3.63, 3.8) is 0 Å². The van der Waals surface area contributed by atoms with E-state index in [9.17, 15) is 9.90 Å². The van der Waals surface area contributed by atoms with Crippen LogP contribution in [0.3, 0.4) is 0 Å². The van der Waals surface area contributed by atoms with Gasteiger partial charge in [-0.05, 0) is 61.7 Å². The van der Waals surface area contributed by atoms with Crippen LogP contribution < -0.4 is 5.32 Å². The first-order chi connectivity index (χ1) is 9.36. The molecule has 1 amide bonds. The van der Waals surface area contributed by atoms with Crippen molar-refractivity contribution in [1.29, 1.82) is 0 Å². The summed E-state index contributed by atoms with van der Waals surface area (Å²) >= 11 is 0. The number of hydrogen-bond donors (Lipinski definition) is 2. The molecular weight excluding hydrogens is 250 g/mol. The van der Waals surface area contributed by atoms with Gasteiger partial charge in [-0.15, -0.1) is 0 Å². The third-order valence-electron chi connectivity index (χ3n) is 6.15. The van der Waals surface area contributed by atoms with Crippen LogP contribution in [0.15, 0.2) is 0 Å². The summed E-state index contributed by atoms with van der Waals surface area (Å²) in [5.74, 6) is 2.04. The van der Waals surface area contributed by atoms with Gasteiger partial charge >= 0.3 is 0 Å². The van der Waals surface area contributed by atoms with Crippen molar-refractivity contribution in [2.75, 3.05) is 6.61 Å². The highest BCUT2D eigenvalue weighted by Gasteiger charge is 2.58. The first-order valence-corrected chi connectivity index (χ1v) is 8.28. The van der Waals surface area contributed by atoms with Crippen LogP contribution >= 0.6 is 0 Å². The normalized spacial score (nSPS) is 43.9. The van der Waals surface area contributed by atoms with E-state index in [0.29, 0.717) is 5.41 Å². The molecule has 0 aromatic heterocycles. The molecule has 2 unspecified atom stereocenters. The summed E-state index contributed by atoms with van der Waals surface area (Å²) in [5.41, 5.74) is 0.273. The summed E-state index contributed by atoms with van der Waals surface area (Å²) in [5, 5.41) is 12.6. The summed E-state index contributed by atoms with van der Waals surface area (Å²) in [7, 11) is 0. The topological polar surface area (TPSA) is 49.3 Å². The van der Waals surface area contributed by atoms with Crippen molar-refractivity contribution in [2.24, 2.45) is 28.6 Å². The molecular formula is C17H29NO2. The molecule has 4 fully saturated rings. The van der Waals surface area contributed by atoms with Gasteiger partial charge in [0.25, 0.3) is 0 Å². The minimum atomic E-state index is -0.124. The van der Waals surface area contributed by atoms with E-state index >= 15 is 0 Å². The second-order valence-corrected chi connectivity index (χ2v) is 8.56. The molecule has 0 spiro atoms. The minimum absolute atomic E-state index is 0.0452. The highest BCUT2D eigenvalue weighted by atomic mass is 16.3. The fraction of sp³-hybridized carbons (Fsp3) is 0.941. The Labute approximate surface area is 122 Å². The van der Waals surface area contributed by atoms with Crippen LogP contribution in [0.25, 0.3) is 0 Å². The van der Waals surface area contributed by atoms with Gasteiger partial charge in [0.2, 0.25) is 5.91 Å². The summed E-state index contributed by atoms with van der Waals surface area (Å²) in [6, 6.07) is -0.0942. The number of hydrogen-bond acceptors (Lipinski definition) is 2. The van der Waals surface area contributed by atoms with E-state index in [1.807, 2.05) is 0 Å². The first kappa shape index (κ1) is 14.4. The zero-order chi connectivity index (χ0) is 14.5. The van der Waals surface area contributed by atoms with E-state index in [0.717, 1.165) is 31.1 Å². The second kappa shape index (κ2) is 4.72. The van der Waals surface area contributed by atoms with Crippen LogP contribution in [0.4, 0.5) is 0 Å². The fourth-order valence-electron chi connectivity index (χ4n) is 5.73. The monoisotopic (exact) mass is 279 g/mol. The summed E-state index contributed by atoms with van der Waals surface area (Å²) in [6.45, 7) is 6.55. The second-order valence-electron chi connectivity index (χ2n) is 8.56. The Hall–Kier alpha value is -0.570. The summed E-state index contributed by atoms with van der Waals surface area (Å²) in [6.07, 6.45) is 7.23. The SMILES string of the molecule is CC(C)[C@@H](CO)NC(=O)C12CC3CC(CC(C)(C3)C1)C2. The lowest BCUT2D eigenvalue weighted by Gasteiger charge is -2.60. The third-order valence-corrected chi connectivity index (χ3v) is 6.15. The molecule has 0 saturated heterocycles. The number of nitrogens with one attached hydrogen (secondary N) is 1. The Morgan fingerprint density at radius 3 is 2.30 bits per heavy atom. The molecule has 3 atom stereocenters. The van der Waals surface area contributed by atoms with Crippen molar-refractivity contribution in [2.45, 2.75) is 65.3 Å². The number of aliphatic hydroxyl groups excluding tert-OH is 1. The minimum Gasteiger partial charge on any atom is -0.394 e. The van der Waals surface area contributed by atoms with Gasteiger partial charge in [-0.1, -0.05) is 20.8 Å². The Balaban J connectivity index is 1.77. The lowest BCUT2D eigenvalue weighted by atomic mass is 9.44. The van der Waals surface area contributed by atoms with E-state index in [1.54, 1.807) is 0 Å². The molecule has 0 aliphatic heterocycles. The van der Waals surface area contributed by atoms with Gasteiger partial charge in [-0.25, -0.2) is 0 Å². The molecule has 20 heavy (non-hydrogen) atoms. The highest BCUT2D eigenvalue weighted by molar-refractivity contribution is 5.83. The predicted octanol–water partition coefficient (Wildman–Crippen LogP) is 2.73. The van der Waals surface area contributed by atoms with E-state index in [1.165, 1.54) is 19.3 Å². The molecule has 3 nitrogen and oxygen atoms in total. The van der Waals surface area contributed by atoms with Crippen molar-refractivity contribution in [3.05, 3.63) is 0 Å². The van der Waals surface area contributed by atoms with Gasteiger partial charge in [0.1, 0.15) is 0 Å². The smallest absolute Gasteiger partial charge is 0.226 e. The van der Waals surface area contributed by atoms with Crippen LogP contribution in [0.1, 0.15) is 59.3 Å². The van der Waals surface area contributed by atoms with Crippen molar-refractivity contribution < 1.29 is 9.90 Å². The molecule has 2 N–H and O–H groups in total. The Morgan fingerprint density at radius 1 is 1.25 bits per heavy atom. The van der Waals surface area contributed by atoms with Crippen molar-refractivity contribution in [3.8, 4) is 0 Å². The third kappa shape index (κ3) is 2.28. The van der Waals surface area contributed by atoms with Crippen LogP contribution in [-0.2, 0) is 4.79 Å². The standard InChI is InChI=1S/C17H29NO2/c1-11(2)14(9-19)18-15(20)17-7-12-4-13(8-17)6-16(3,5-12)10-17/h11-14,19H,4-10H2,1-3H3,(H,18,20)/t12?,13?,14-,16?,17?/m1/s1. The van der Waals surface area contributed by atoms with E-state index in [-0.39, 0.29) is 29.9 Å². The van der Waals surface area contributed by atoms with Gasteiger partial charge in [-0.3, -0.25) is 4.79 Å². The van der Waals surface area contributed by atoms with Gasteiger partial charge < -0.3 is 10.4 Å². The number of aliphatic hydroxyl groups is 1. The quantitative estimate of drug-likeness (QED) is 0.831. The maximum atomic E-state index is 12.9. The van der Waals surface area contributed by atoms with Crippen LogP contribution in [-0.4, -0.2) is 23.7 Å². The molecule has 4 rings (SSSR count). The van der Waals surface area contributed by atoms with E-state index < -0.39 is 0 Å². The van der Waals surface area contributed by atoms with E-state index in [4.69, 9.17) is 0 Å².